The van der Waals surface area contributed by atoms with E-state index in [1.54, 1.807) is 30.1 Å². The average Bonchev–Trinajstić information content (AvgIpc) is 3.08. The van der Waals surface area contributed by atoms with E-state index in [0.717, 1.165) is 11.3 Å². The molecule has 1 saturated heterocycles. The minimum Gasteiger partial charge on any atom is -0.368 e. The van der Waals surface area contributed by atoms with Crippen LogP contribution in [0.2, 0.25) is 0 Å². The highest BCUT2D eigenvalue weighted by Gasteiger charge is 2.28. The van der Waals surface area contributed by atoms with E-state index in [9.17, 15) is 13.2 Å². The number of amides is 1. The first-order chi connectivity index (χ1) is 12.8. The zero-order chi connectivity index (χ0) is 19.6. The summed E-state index contributed by atoms with van der Waals surface area (Å²) in [6, 6.07) is 6.06. The molecule has 9 nitrogen and oxygen atoms in total. The number of benzene rings is 1. The second-order valence-corrected chi connectivity index (χ2v) is 8.08. The third-order valence-electron chi connectivity index (χ3n) is 4.72. The van der Waals surface area contributed by atoms with Crippen LogP contribution in [-0.4, -0.2) is 62.2 Å². The number of aryl methyl sites for hydroxylation is 1. The summed E-state index contributed by atoms with van der Waals surface area (Å²) in [5.41, 5.74) is 1.75. The Labute approximate surface area is 158 Å². The number of hydrogen-bond donors (Lipinski definition) is 2. The van der Waals surface area contributed by atoms with Crippen LogP contribution in [-0.2, 0) is 21.9 Å². The molecule has 1 aromatic heterocycles. The van der Waals surface area contributed by atoms with Crippen LogP contribution in [0.4, 0.5) is 5.69 Å². The van der Waals surface area contributed by atoms with Crippen molar-refractivity contribution in [2.75, 3.05) is 38.1 Å². The molecule has 2 heterocycles. The van der Waals surface area contributed by atoms with E-state index in [-0.39, 0.29) is 10.8 Å². The Morgan fingerprint density at radius 1 is 1.19 bits per heavy atom. The van der Waals surface area contributed by atoms with Crippen LogP contribution in [0.1, 0.15) is 11.6 Å². The molecule has 1 aromatic carbocycles. The fourth-order valence-electron chi connectivity index (χ4n) is 3.24. The lowest BCUT2D eigenvalue weighted by Gasteiger charge is -2.37. The zero-order valence-corrected chi connectivity index (χ0v) is 16.2. The number of piperazine rings is 1. The zero-order valence-electron chi connectivity index (χ0n) is 15.4. The highest BCUT2D eigenvalue weighted by atomic mass is 32.2. The largest absolute Gasteiger partial charge is 0.368 e. The number of nitrogens with one attached hydrogen (secondary N) is 1. The summed E-state index contributed by atoms with van der Waals surface area (Å²) >= 11 is 0. The van der Waals surface area contributed by atoms with Crippen LogP contribution in [0.25, 0.3) is 0 Å². The van der Waals surface area contributed by atoms with Crippen molar-refractivity contribution in [2.45, 2.75) is 10.9 Å². The fraction of sp³-hybridized carbons (Fsp3) is 0.412. The summed E-state index contributed by atoms with van der Waals surface area (Å²) < 4.78 is 24.4. The van der Waals surface area contributed by atoms with Crippen molar-refractivity contribution >= 4 is 21.6 Å². The maximum Gasteiger partial charge on any atom is 0.244 e. The van der Waals surface area contributed by atoms with Gasteiger partial charge < -0.3 is 15.1 Å². The lowest BCUT2D eigenvalue weighted by molar-refractivity contribution is -0.133. The molecule has 1 unspecified atom stereocenters. The Hall–Kier alpha value is -2.43. The van der Waals surface area contributed by atoms with E-state index in [0.29, 0.717) is 26.2 Å². The van der Waals surface area contributed by atoms with Crippen molar-refractivity contribution in [3.05, 3.63) is 42.2 Å². The standard InChI is InChI=1S/C17H24N6O3S/c1-19-16(13-11-20-21(2)12-13)17(24)23-9-7-22(8-10-23)14-3-5-15(6-4-14)27(18,25)26/h3-6,11-12,16,19H,7-10H2,1-2H3,(H2,18,25,26). The number of rotatable bonds is 5. The number of nitrogens with zero attached hydrogens (tertiary/aromatic N) is 4. The first-order valence-electron chi connectivity index (χ1n) is 8.62. The fourth-order valence-corrected chi connectivity index (χ4v) is 3.75. The van der Waals surface area contributed by atoms with Gasteiger partial charge in [-0.3, -0.25) is 9.48 Å². The molecule has 3 N–H and O–H groups in total. The van der Waals surface area contributed by atoms with Gasteiger partial charge in [-0.1, -0.05) is 0 Å². The maximum absolute atomic E-state index is 12.9. The van der Waals surface area contributed by atoms with Crippen molar-refractivity contribution in [2.24, 2.45) is 12.2 Å². The van der Waals surface area contributed by atoms with Crippen molar-refractivity contribution in [1.82, 2.24) is 20.0 Å². The number of sulfonamides is 1. The monoisotopic (exact) mass is 392 g/mol. The summed E-state index contributed by atoms with van der Waals surface area (Å²) in [5, 5.41) is 12.3. The van der Waals surface area contributed by atoms with Gasteiger partial charge in [0.1, 0.15) is 6.04 Å². The van der Waals surface area contributed by atoms with Crippen molar-refractivity contribution < 1.29 is 13.2 Å². The molecule has 1 atom stereocenters. The lowest BCUT2D eigenvalue weighted by atomic mass is 10.1. The number of hydrogen-bond acceptors (Lipinski definition) is 6. The van der Waals surface area contributed by atoms with Crippen LogP contribution in [0, 0.1) is 0 Å². The summed E-state index contributed by atoms with van der Waals surface area (Å²) in [6.45, 7) is 2.52. The van der Waals surface area contributed by atoms with Gasteiger partial charge in [-0.25, -0.2) is 13.6 Å². The number of likely N-dealkylation sites (N-methyl/N-ethyl adjacent to an activating group) is 1. The Morgan fingerprint density at radius 3 is 2.30 bits per heavy atom. The third kappa shape index (κ3) is 4.29. The Morgan fingerprint density at radius 2 is 1.81 bits per heavy atom. The van der Waals surface area contributed by atoms with Crippen molar-refractivity contribution in [3.63, 3.8) is 0 Å². The lowest BCUT2D eigenvalue weighted by Crippen LogP contribution is -2.51. The van der Waals surface area contributed by atoms with Crippen LogP contribution < -0.4 is 15.4 Å². The van der Waals surface area contributed by atoms with Gasteiger partial charge in [0.2, 0.25) is 15.9 Å². The highest BCUT2D eigenvalue weighted by Crippen LogP contribution is 2.21. The Kier molecular flexibility index (Phi) is 5.49. The molecular weight excluding hydrogens is 368 g/mol. The molecule has 0 bridgehead atoms. The van der Waals surface area contributed by atoms with Crippen LogP contribution in [0.3, 0.4) is 0 Å². The second kappa shape index (κ2) is 7.67. The normalized spacial score (nSPS) is 16.4. The van der Waals surface area contributed by atoms with E-state index in [4.69, 9.17) is 5.14 Å². The smallest absolute Gasteiger partial charge is 0.244 e. The van der Waals surface area contributed by atoms with Crippen LogP contribution in [0.5, 0.6) is 0 Å². The minimum atomic E-state index is -3.69. The number of nitrogens with two attached hydrogens (primary N) is 1. The topological polar surface area (TPSA) is 114 Å². The minimum absolute atomic E-state index is 0.0229. The molecule has 0 saturated carbocycles. The van der Waals surface area contributed by atoms with Gasteiger partial charge in [0.25, 0.3) is 0 Å². The predicted octanol–water partition coefficient (Wildman–Crippen LogP) is -0.323. The summed E-state index contributed by atoms with van der Waals surface area (Å²) in [5.74, 6) is 0.0229. The molecule has 27 heavy (non-hydrogen) atoms. The van der Waals surface area contributed by atoms with Crippen molar-refractivity contribution in [3.8, 4) is 0 Å². The molecule has 0 spiro atoms. The predicted molar refractivity (Wildman–Crippen MR) is 102 cm³/mol. The third-order valence-corrected chi connectivity index (χ3v) is 5.64. The summed E-state index contributed by atoms with van der Waals surface area (Å²) in [4.78, 5) is 16.9. The first-order valence-corrected chi connectivity index (χ1v) is 10.2. The molecule has 3 rings (SSSR count). The number of aromatic nitrogens is 2. The van der Waals surface area contributed by atoms with E-state index in [2.05, 4.69) is 15.3 Å². The molecule has 1 aliphatic rings. The molecule has 0 radical (unpaired) electrons. The molecular formula is C17H24N6O3S. The average molecular weight is 392 g/mol. The van der Waals surface area contributed by atoms with Gasteiger partial charge >= 0.3 is 0 Å². The van der Waals surface area contributed by atoms with Crippen LogP contribution in [0.15, 0.2) is 41.6 Å². The van der Waals surface area contributed by atoms with Gasteiger partial charge in [0.05, 0.1) is 11.1 Å². The van der Waals surface area contributed by atoms with E-state index < -0.39 is 16.1 Å². The van der Waals surface area contributed by atoms with E-state index in [1.165, 1.54) is 12.1 Å². The number of anilines is 1. The SMILES string of the molecule is CNC(C(=O)N1CCN(c2ccc(S(N)(=O)=O)cc2)CC1)c1cnn(C)c1. The molecule has 1 amide bonds. The Bertz CT molecular complexity index is 901. The molecule has 1 aliphatic heterocycles. The summed E-state index contributed by atoms with van der Waals surface area (Å²) in [6.07, 6.45) is 3.53. The van der Waals surface area contributed by atoms with E-state index >= 15 is 0 Å². The highest BCUT2D eigenvalue weighted by molar-refractivity contribution is 7.89. The van der Waals surface area contributed by atoms with Gasteiger partial charge in [0, 0.05) is 50.7 Å². The number of carbonyl (C=O) groups is 1. The molecule has 2 aromatic rings. The first kappa shape index (κ1) is 19.3. The van der Waals surface area contributed by atoms with Gasteiger partial charge in [-0.2, -0.15) is 5.10 Å². The van der Waals surface area contributed by atoms with Crippen LogP contribution >= 0.6 is 0 Å². The molecule has 1 fully saturated rings. The quantitative estimate of drug-likeness (QED) is 0.721. The molecule has 10 heteroatoms. The number of primary sulfonamides is 1. The van der Waals surface area contributed by atoms with Crippen molar-refractivity contribution in [1.29, 1.82) is 0 Å². The Balaban J connectivity index is 1.63. The maximum atomic E-state index is 12.9. The molecule has 146 valence electrons. The van der Waals surface area contributed by atoms with Gasteiger partial charge in [-0.05, 0) is 31.3 Å². The summed E-state index contributed by atoms with van der Waals surface area (Å²) in [7, 11) is -0.110. The second-order valence-electron chi connectivity index (χ2n) is 6.52. The van der Waals surface area contributed by atoms with Gasteiger partial charge in [0.15, 0.2) is 0 Å². The molecule has 0 aliphatic carbocycles. The van der Waals surface area contributed by atoms with Gasteiger partial charge in [-0.15, -0.1) is 0 Å². The van der Waals surface area contributed by atoms with E-state index in [1.807, 2.05) is 18.1 Å². The number of carbonyl (C=O) groups excluding carboxylic acids is 1.